The van der Waals surface area contributed by atoms with Gasteiger partial charge in [-0.1, -0.05) is 0 Å². The first-order valence-corrected chi connectivity index (χ1v) is 9.15. The van der Waals surface area contributed by atoms with Crippen molar-refractivity contribution in [3.8, 4) is 5.75 Å². The zero-order valence-corrected chi connectivity index (χ0v) is 15.1. The molecule has 0 N–H and O–H groups in total. The number of rotatable bonds is 4. The van der Waals surface area contributed by atoms with Gasteiger partial charge in [-0.05, 0) is 62.2 Å². The lowest BCUT2D eigenvalue weighted by molar-refractivity contribution is 0.0792. The molecule has 2 aliphatic heterocycles. The maximum Gasteiger partial charge on any atom is 0.266 e. The van der Waals surface area contributed by atoms with E-state index in [1.807, 2.05) is 6.92 Å². The van der Waals surface area contributed by atoms with Crippen LogP contribution in [0.15, 0.2) is 42.5 Å². The van der Waals surface area contributed by atoms with Gasteiger partial charge in [0.2, 0.25) is 0 Å². The number of imide groups is 1. The first kappa shape index (κ1) is 17.3. The molecule has 138 valence electrons. The van der Waals surface area contributed by atoms with E-state index in [-0.39, 0.29) is 17.4 Å². The third-order valence-electron chi connectivity index (χ3n) is 4.93. The fourth-order valence-electron chi connectivity index (χ4n) is 3.57. The van der Waals surface area contributed by atoms with Crippen molar-refractivity contribution in [2.75, 3.05) is 24.6 Å². The molecular weight excluding hydrogens is 344 g/mol. The van der Waals surface area contributed by atoms with E-state index in [0.717, 1.165) is 30.8 Å². The Morgan fingerprint density at radius 2 is 1.63 bits per heavy atom. The van der Waals surface area contributed by atoms with Crippen LogP contribution in [0.4, 0.5) is 5.69 Å². The van der Waals surface area contributed by atoms with Crippen LogP contribution in [0.2, 0.25) is 0 Å². The van der Waals surface area contributed by atoms with Crippen molar-refractivity contribution in [1.29, 1.82) is 0 Å². The van der Waals surface area contributed by atoms with Crippen molar-refractivity contribution in [3.63, 3.8) is 0 Å². The lowest BCUT2D eigenvalue weighted by Crippen LogP contribution is -2.29. The molecule has 2 aromatic rings. The van der Waals surface area contributed by atoms with Crippen LogP contribution in [0.1, 0.15) is 50.8 Å². The second-order valence-electron chi connectivity index (χ2n) is 6.63. The second kappa shape index (κ2) is 6.87. The Morgan fingerprint density at radius 1 is 0.963 bits per heavy atom. The molecule has 0 bridgehead atoms. The predicted molar refractivity (Wildman–Crippen MR) is 100 cm³/mol. The zero-order chi connectivity index (χ0) is 19.0. The fourth-order valence-corrected chi connectivity index (χ4v) is 3.57. The molecule has 1 fully saturated rings. The van der Waals surface area contributed by atoms with Gasteiger partial charge in [0.1, 0.15) is 5.75 Å². The highest BCUT2D eigenvalue weighted by Crippen LogP contribution is 2.30. The van der Waals surface area contributed by atoms with Crippen LogP contribution in [-0.4, -0.2) is 42.3 Å². The Hall–Kier alpha value is -3.15. The van der Waals surface area contributed by atoms with Crippen LogP contribution in [-0.2, 0) is 0 Å². The maximum atomic E-state index is 12.9. The van der Waals surface area contributed by atoms with Crippen LogP contribution < -0.4 is 9.64 Å². The highest BCUT2D eigenvalue weighted by molar-refractivity contribution is 6.34. The third kappa shape index (κ3) is 2.97. The monoisotopic (exact) mass is 364 g/mol. The van der Waals surface area contributed by atoms with E-state index in [9.17, 15) is 14.4 Å². The molecule has 2 aliphatic rings. The molecular formula is C21H20N2O4. The summed E-state index contributed by atoms with van der Waals surface area (Å²) in [5.41, 5.74) is 1.54. The minimum atomic E-state index is -0.407. The summed E-state index contributed by atoms with van der Waals surface area (Å²) in [5.74, 6) is -0.194. The zero-order valence-electron chi connectivity index (χ0n) is 15.1. The fraction of sp³-hybridized carbons (Fsp3) is 0.286. The average Bonchev–Trinajstić information content (AvgIpc) is 3.30. The Balaban J connectivity index is 1.63. The van der Waals surface area contributed by atoms with Crippen molar-refractivity contribution < 1.29 is 19.1 Å². The molecule has 4 rings (SSSR count). The Bertz CT molecular complexity index is 914. The van der Waals surface area contributed by atoms with E-state index in [1.165, 1.54) is 0 Å². The van der Waals surface area contributed by atoms with Gasteiger partial charge in [0.15, 0.2) is 0 Å². The highest BCUT2D eigenvalue weighted by Gasteiger charge is 2.37. The number of carbonyl (C=O) groups excluding carboxylic acids is 3. The number of carbonyl (C=O) groups is 3. The summed E-state index contributed by atoms with van der Waals surface area (Å²) in [7, 11) is 0. The van der Waals surface area contributed by atoms with Crippen molar-refractivity contribution in [3.05, 3.63) is 59.2 Å². The Kier molecular flexibility index (Phi) is 4.39. The number of hydrogen-bond donors (Lipinski definition) is 0. The van der Waals surface area contributed by atoms with E-state index >= 15 is 0 Å². The lowest BCUT2D eigenvalue weighted by atomic mass is 10.0. The molecule has 0 spiro atoms. The van der Waals surface area contributed by atoms with Crippen molar-refractivity contribution >= 4 is 23.4 Å². The number of anilines is 1. The number of likely N-dealkylation sites (tertiary alicyclic amines) is 1. The average molecular weight is 364 g/mol. The molecule has 0 aliphatic carbocycles. The van der Waals surface area contributed by atoms with Crippen LogP contribution in [0.25, 0.3) is 0 Å². The van der Waals surface area contributed by atoms with Gasteiger partial charge in [-0.2, -0.15) is 0 Å². The molecule has 27 heavy (non-hydrogen) atoms. The maximum absolute atomic E-state index is 12.9. The van der Waals surface area contributed by atoms with Gasteiger partial charge in [0.25, 0.3) is 17.7 Å². The summed E-state index contributed by atoms with van der Waals surface area (Å²) in [6, 6.07) is 11.6. The van der Waals surface area contributed by atoms with Gasteiger partial charge in [0.05, 0.1) is 23.4 Å². The highest BCUT2D eigenvalue weighted by atomic mass is 16.5. The number of amides is 3. The summed E-state index contributed by atoms with van der Waals surface area (Å²) in [5, 5.41) is 0. The minimum Gasteiger partial charge on any atom is -0.494 e. The molecule has 0 saturated carbocycles. The van der Waals surface area contributed by atoms with E-state index in [0.29, 0.717) is 29.2 Å². The summed E-state index contributed by atoms with van der Waals surface area (Å²) in [4.78, 5) is 41.1. The summed E-state index contributed by atoms with van der Waals surface area (Å²) in [6.07, 6.45) is 2.00. The number of ether oxygens (including phenoxy) is 1. The van der Waals surface area contributed by atoms with Gasteiger partial charge < -0.3 is 9.64 Å². The standard InChI is InChI=1S/C21H20N2O4/c1-2-27-16-8-6-15(7-9-16)23-20(25)17-10-5-14(13-18(17)21(23)26)19(24)22-11-3-4-12-22/h5-10,13H,2-4,11-12H2,1H3. The summed E-state index contributed by atoms with van der Waals surface area (Å²) < 4.78 is 5.40. The molecule has 2 heterocycles. The van der Waals surface area contributed by atoms with E-state index in [4.69, 9.17) is 4.74 Å². The Morgan fingerprint density at radius 3 is 2.30 bits per heavy atom. The summed E-state index contributed by atoms with van der Waals surface area (Å²) >= 11 is 0. The lowest BCUT2D eigenvalue weighted by Gasteiger charge is -2.15. The molecule has 0 unspecified atom stereocenters. The van der Waals surface area contributed by atoms with Crippen LogP contribution >= 0.6 is 0 Å². The van der Waals surface area contributed by atoms with Gasteiger partial charge in [0, 0.05) is 18.7 Å². The van der Waals surface area contributed by atoms with Crippen molar-refractivity contribution in [2.24, 2.45) is 0 Å². The van der Waals surface area contributed by atoms with Gasteiger partial charge >= 0.3 is 0 Å². The van der Waals surface area contributed by atoms with Gasteiger partial charge in [-0.15, -0.1) is 0 Å². The predicted octanol–water partition coefficient (Wildman–Crippen LogP) is 3.12. The number of fused-ring (bicyclic) bond motifs is 1. The molecule has 3 amide bonds. The number of hydrogen-bond acceptors (Lipinski definition) is 4. The number of benzene rings is 2. The molecule has 0 aromatic heterocycles. The molecule has 0 atom stereocenters. The topological polar surface area (TPSA) is 66.9 Å². The molecule has 2 aromatic carbocycles. The van der Waals surface area contributed by atoms with Crippen LogP contribution in [0.3, 0.4) is 0 Å². The molecule has 0 radical (unpaired) electrons. The molecule has 6 nitrogen and oxygen atoms in total. The van der Waals surface area contributed by atoms with Crippen molar-refractivity contribution in [1.82, 2.24) is 4.90 Å². The smallest absolute Gasteiger partial charge is 0.266 e. The normalized spacial score (nSPS) is 16.0. The Labute approximate surface area is 157 Å². The largest absolute Gasteiger partial charge is 0.494 e. The quantitative estimate of drug-likeness (QED) is 0.782. The van der Waals surface area contributed by atoms with Crippen LogP contribution in [0.5, 0.6) is 5.75 Å². The second-order valence-corrected chi connectivity index (χ2v) is 6.63. The molecule has 1 saturated heterocycles. The SMILES string of the molecule is CCOc1ccc(N2C(=O)c3ccc(C(=O)N4CCCC4)cc3C2=O)cc1. The van der Waals surface area contributed by atoms with E-state index < -0.39 is 5.91 Å². The molecule has 6 heteroatoms. The third-order valence-corrected chi connectivity index (χ3v) is 4.93. The van der Waals surface area contributed by atoms with E-state index in [1.54, 1.807) is 47.4 Å². The summed E-state index contributed by atoms with van der Waals surface area (Å²) in [6.45, 7) is 3.90. The first-order chi connectivity index (χ1) is 13.1. The van der Waals surface area contributed by atoms with Gasteiger partial charge in [-0.3, -0.25) is 14.4 Å². The van der Waals surface area contributed by atoms with Gasteiger partial charge in [-0.25, -0.2) is 4.90 Å². The van der Waals surface area contributed by atoms with E-state index in [2.05, 4.69) is 0 Å². The van der Waals surface area contributed by atoms with Crippen molar-refractivity contribution in [2.45, 2.75) is 19.8 Å². The van der Waals surface area contributed by atoms with Crippen LogP contribution in [0, 0.1) is 0 Å². The first-order valence-electron chi connectivity index (χ1n) is 9.15. The minimum absolute atomic E-state index is 0.0879. The number of nitrogens with zero attached hydrogens (tertiary/aromatic N) is 2.